The Morgan fingerprint density at radius 1 is 1.54 bits per heavy atom. The summed E-state index contributed by atoms with van der Waals surface area (Å²) < 4.78 is 21.8. The van der Waals surface area contributed by atoms with Gasteiger partial charge in [-0.1, -0.05) is 0 Å². The summed E-state index contributed by atoms with van der Waals surface area (Å²) in [6.07, 6.45) is 1.29. The third kappa shape index (κ3) is 4.59. The average molecular weight is 206 g/mol. The lowest BCUT2D eigenvalue weighted by Crippen LogP contribution is -2.50. The molecule has 0 unspecified atom stereocenters. The van der Waals surface area contributed by atoms with Crippen LogP contribution in [0, 0.1) is 0 Å². The molecule has 0 aliphatic carbocycles. The predicted molar refractivity (Wildman–Crippen MR) is 53.6 cm³/mol. The SMILES string of the molecule is C[C@H]1CN(CCS(C)(=O)=O)CCN1. The van der Waals surface area contributed by atoms with Crippen LogP contribution in [-0.2, 0) is 9.84 Å². The molecule has 0 bridgehead atoms. The molecule has 13 heavy (non-hydrogen) atoms. The van der Waals surface area contributed by atoms with Crippen LogP contribution in [0.2, 0.25) is 0 Å². The van der Waals surface area contributed by atoms with Crippen molar-refractivity contribution in [3.05, 3.63) is 0 Å². The van der Waals surface area contributed by atoms with Crippen LogP contribution in [0.5, 0.6) is 0 Å². The van der Waals surface area contributed by atoms with Crippen molar-refractivity contribution in [1.29, 1.82) is 0 Å². The van der Waals surface area contributed by atoms with Gasteiger partial charge < -0.3 is 5.32 Å². The molecule has 1 saturated heterocycles. The first-order valence-electron chi connectivity index (χ1n) is 4.61. The molecule has 0 aromatic rings. The number of nitrogens with one attached hydrogen (secondary N) is 1. The van der Waals surface area contributed by atoms with E-state index in [0.717, 1.165) is 19.6 Å². The van der Waals surface area contributed by atoms with Crippen molar-refractivity contribution >= 4 is 9.84 Å². The van der Waals surface area contributed by atoms with Crippen LogP contribution in [0.1, 0.15) is 6.92 Å². The Hall–Kier alpha value is -0.130. The van der Waals surface area contributed by atoms with Gasteiger partial charge in [0.1, 0.15) is 9.84 Å². The summed E-state index contributed by atoms with van der Waals surface area (Å²) in [7, 11) is -2.80. The van der Waals surface area contributed by atoms with E-state index in [2.05, 4.69) is 17.1 Å². The highest BCUT2D eigenvalue weighted by molar-refractivity contribution is 7.90. The number of nitrogens with zero attached hydrogens (tertiary/aromatic N) is 1. The Morgan fingerprint density at radius 3 is 2.77 bits per heavy atom. The van der Waals surface area contributed by atoms with Crippen molar-refractivity contribution in [3.8, 4) is 0 Å². The third-order valence-electron chi connectivity index (χ3n) is 2.23. The van der Waals surface area contributed by atoms with Crippen molar-refractivity contribution in [2.75, 3.05) is 38.2 Å². The Morgan fingerprint density at radius 2 is 2.23 bits per heavy atom. The molecule has 4 nitrogen and oxygen atoms in total. The van der Waals surface area contributed by atoms with Crippen molar-refractivity contribution < 1.29 is 8.42 Å². The smallest absolute Gasteiger partial charge is 0.148 e. The van der Waals surface area contributed by atoms with Gasteiger partial charge in [-0.2, -0.15) is 0 Å². The molecule has 5 heteroatoms. The summed E-state index contributed by atoms with van der Waals surface area (Å²) in [5.41, 5.74) is 0. The molecule has 0 radical (unpaired) electrons. The van der Waals surface area contributed by atoms with Crippen molar-refractivity contribution in [2.45, 2.75) is 13.0 Å². The zero-order valence-electron chi connectivity index (χ0n) is 8.28. The second kappa shape index (κ2) is 4.39. The van der Waals surface area contributed by atoms with E-state index >= 15 is 0 Å². The predicted octanol–water partition coefficient (Wildman–Crippen LogP) is -0.675. The van der Waals surface area contributed by atoms with Gasteiger partial charge in [0.15, 0.2) is 0 Å². The number of hydrogen-bond acceptors (Lipinski definition) is 4. The maximum Gasteiger partial charge on any atom is 0.148 e. The molecule has 1 atom stereocenters. The summed E-state index contributed by atoms with van der Waals surface area (Å²) in [5.74, 6) is 0.278. The van der Waals surface area contributed by atoms with Gasteiger partial charge in [-0.05, 0) is 6.92 Å². The fourth-order valence-corrected chi connectivity index (χ4v) is 2.10. The summed E-state index contributed by atoms with van der Waals surface area (Å²) in [5, 5.41) is 3.32. The zero-order chi connectivity index (χ0) is 9.90. The average Bonchev–Trinajstić information content (AvgIpc) is 2.00. The molecular weight excluding hydrogens is 188 g/mol. The summed E-state index contributed by atoms with van der Waals surface area (Å²) in [6, 6.07) is 0.480. The minimum absolute atomic E-state index is 0.278. The molecule has 1 N–H and O–H groups in total. The lowest BCUT2D eigenvalue weighted by molar-refractivity contribution is 0.217. The lowest BCUT2D eigenvalue weighted by atomic mass is 10.2. The second-order valence-corrected chi connectivity index (χ2v) is 6.05. The molecule has 1 rings (SSSR count). The van der Waals surface area contributed by atoms with Gasteiger partial charge in [-0.25, -0.2) is 8.42 Å². The van der Waals surface area contributed by atoms with E-state index in [9.17, 15) is 8.42 Å². The Kier molecular flexibility index (Phi) is 3.70. The van der Waals surface area contributed by atoms with Gasteiger partial charge in [-0.15, -0.1) is 0 Å². The third-order valence-corrected chi connectivity index (χ3v) is 3.16. The van der Waals surface area contributed by atoms with Gasteiger partial charge in [0.25, 0.3) is 0 Å². The van der Waals surface area contributed by atoms with Crippen LogP contribution in [0.15, 0.2) is 0 Å². The van der Waals surface area contributed by atoms with E-state index in [1.807, 2.05) is 0 Å². The van der Waals surface area contributed by atoms with Crippen LogP contribution < -0.4 is 5.32 Å². The van der Waals surface area contributed by atoms with Crippen LogP contribution in [0.4, 0.5) is 0 Å². The first kappa shape index (κ1) is 10.9. The topological polar surface area (TPSA) is 49.4 Å². The second-order valence-electron chi connectivity index (χ2n) is 3.79. The van der Waals surface area contributed by atoms with Gasteiger partial charge >= 0.3 is 0 Å². The van der Waals surface area contributed by atoms with Crippen LogP contribution in [0.3, 0.4) is 0 Å². The maximum absolute atomic E-state index is 10.9. The van der Waals surface area contributed by atoms with E-state index in [0.29, 0.717) is 12.6 Å². The molecule has 0 amide bonds. The van der Waals surface area contributed by atoms with E-state index < -0.39 is 9.84 Å². The molecular formula is C8H18N2O2S. The number of piperazine rings is 1. The minimum atomic E-state index is -2.80. The summed E-state index contributed by atoms with van der Waals surface area (Å²) in [6.45, 7) is 5.66. The van der Waals surface area contributed by atoms with E-state index in [-0.39, 0.29) is 5.75 Å². The van der Waals surface area contributed by atoms with Gasteiger partial charge in [-0.3, -0.25) is 4.90 Å². The monoisotopic (exact) mass is 206 g/mol. The molecule has 78 valence electrons. The highest BCUT2D eigenvalue weighted by Gasteiger charge is 2.16. The van der Waals surface area contributed by atoms with Crippen molar-refractivity contribution in [2.24, 2.45) is 0 Å². The first-order chi connectivity index (χ1) is 5.97. The highest BCUT2D eigenvalue weighted by Crippen LogP contribution is 1.98. The quantitative estimate of drug-likeness (QED) is 0.665. The van der Waals surface area contributed by atoms with Crippen molar-refractivity contribution in [3.63, 3.8) is 0 Å². The number of rotatable bonds is 3. The Labute approximate surface area is 80.2 Å². The van der Waals surface area contributed by atoms with Gasteiger partial charge in [0, 0.05) is 38.5 Å². The molecule has 1 aliphatic heterocycles. The Balaban J connectivity index is 2.29. The van der Waals surface area contributed by atoms with Crippen LogP contribution in [0.25, 0.3) is 0 Å². The van der Waals surface area contributed by atoms with E-state index in [4.69, 9.17) is 0 Å². The normalized spacial score (nSPS) is 26.2. The standard InChI is InChI=1S/C8H18N2O2S/c1-8-7-10(4-3-9-8)5-6-13(2,11)12/h8-9H,3-7H2,1-2H3/t8-/m0/s1. The molecule has 0 saturated carbocycles. The van der Waals surface area contributed by atoms with Gasteiger partial charge in [0.05, 0.1) is 5.75 Å². The molecule has 0 aromatic heterocycles. The summed E-state index contributed by atoms with van der Waals surface area (Å²) >= 11 is 0. The van der Waals surface area contributed by atoms with E-state index in [1.54, 1.807) is 0 Å². The molecule has 1 aliphatic rings. The highest BCUT2D eigenvalue weighted by atomic mass is 32.2. The molecule has 0 aromatic carbocycles. The fraction of sp³-hybridized carbons (Fsp3) is 1.00. The van der Waals surface area contributed by atoms with E-state index in [1.165, 1.54) is 6.26 Å². The molecule has 0 spiro atoms. The number of hydrogen-bond donors (Lipinski definition) is 1. The van der Waals surface area contributed by atoms with Crippen molar-refractivity contribution in [1.82, 2.24) is 10.2 Å². The van der Waals surface area contributed by atoms with Gasteiger partial charge in [0.2, 0.25) is 0 Å². The number of sulfone groups is 1. The molecule has 1 fully saturated rings. The zero-order valence-corrected chi connectivity index (χ0v) is 9.10. The Bertz CT molecular complexity index is 251. The fourth-order valence-electron chi connectivity index (χ4n) is 1.51. The largest absolute Gasteiger partial charge is 0.312 e. The molecule has 1 heterocycles. The lowest BCUT2D eigenvalue weighted by Gasteiger charge is -2.31. The maximum atomic E-state index is 10.9. The minimum Gasteiger partial charge on any atom is -0.312 e. The first-order valence-corrected chi connectivity index (χ1v) is 6.67. The van der Waals surface area contributed by atoms with Crippen LogP contribution in [-0.4, -0.2) is 57.5 Å². The summed E-state index contributed by atoms with van der Waals surface area (Å²) in [4.78, 5) is 2.20. The van der Waals surface area contributed by atoms with Crippen LogP contribution >= 0.6 is 0 Å².